The quantitative estimate of drug-likeness (QED) is 0.748. The van der Waals surface area contributed by atoms with E-state index in [4.69, 9.17) is 0 Å². The highest BCUT2D eigenvalue weighted by Gasteiger charge is 2.25. The fourth-order valence-electron chi connectivity index (χ4n) is 1.78. The first-order valence-electron chi connectivity index (χ1n) is 6.52. The second-order valence-electron chi connectivity index (χ2n) is 5.49. The fraction of sp³-hybridized carbons (Fsp3) is 0.692. The van der Waals surface area contributed by atoms with Gasteiger partial charge in [-0.15, -0.1) is 0 Å². The fourth-order valence-corrected chi connectivity index (χ4v) is 2.24. The summed E-state index contributed by atoms with van der Waals surface area (Å²) in [6, 6.07) is 0.137. The molecule has 108 valence electrons. The Morgan fingerprint density at radius 1 is 1.32 bits per heavy atom. The van der Waals surface area contributed by atoms with Crippen LogP contribution in [0.3, 0.4) is 0 Å². The van der Waals surface area contributed by atoms with Gasteiger partial charge in [-0.1, -0.05) is 20.8 Å². The molecule has 3 N–H and O–H groups in total. The zero-order valence-corrected chi connectivity index (χ0v) is 13.6. The number of aliphatic hydroxyl groups is 1. The molecule has 0 saturated carbocycles. The van der Waals surface area contributed by atoms with E-state index in [2.05, 4.69) is 57.3 Å². The van der Waals surface area contributed by atoms with Gasteiger partial charge in [0.25, 0.3) is 0 Å². The summed E-state index contributed by atoms with van der Waals surface area (Å²) in [4.78, 5) is 8.45. The van der Waals surface area contributed by atoms with Gasteiger partial charge in [0.2, 0.25) is 0 Å². The number of rotatable bonds is 6. The number of nitrogens with zero attached hydrogens (tertiary/aromatic N) is 2. The van der Waals surface area contributed by atoms with Gasteiger partial charge in [0.1, 0.15) is 22.4 Å². The molecule has 1 heterocycles. The molecule has 0 spiro atoms. The summed E-state index contributed by atoms with van der Waals surface area (Å²) in [6.45, 7) is 9.39. The van der Waals surface area contributed by atoms with Crippen LogP contribution in [-0.4, -0.2) is 34.3 Å². The molecule has 0 fully saturated rings. The van der Waals surface area contributed by atoms with Gasteiger partial charge < -0.3 is 15.7 Å². The summed E-state index contributed by atoms with van der Waals surface area (Å²) in [5, 5.41) is 15.8. The summed E-state index contributed by atoms with van der Waals surface area (Å²) in [6.07, 6.45) is 2.21. The van der Waals surface area contributed by atoms with Crippen molar-refractivity contribution in [3.05, 3.63) is 10.8 Å². The summed E-state index contributed by atoms with van der Waals surface area (Å²) in [7, 11) is 0. The van der Waals surface area contributed by atoms with Crippen LogP contribution in [0, 0.1) is 5.41 Å². The third-order valence-corrected chi connectivity index (χ3v) is 3.66. The Kier molecular flexibility index (Phi) is 6.00. The molecule has 6 heteroatoms. The van der Waals surface area contributed by atoms with E-state index in [1.807, 2.05) is 6.92 Å². The first-order chi connectivity index (χ1) is 8.90. The van der Waals surface area contributed by atoms with Crippen molar-refractivity contribution in [3.8, 4) is 0 Å². The number of nitrogens with one attached hydrogen (secondary N) is 2. The van der Waals surface area contributed by atoms with Crippen LogP contribution < -0.4 is 10.6 Å². The Bertz CT molecular complexity index is 406. The lowest BCUT2D eigenvalue weighted by molar-refractivity contribution is 0.235. The van der Waals surface area contributed by atoms with Gasteiger partial charge >= 0.3 is 0 Å². The highest BCUT2D eigenvalue weighted by Crippen LogP contribution is 2.31. The minimum Gasteiger partial charge on any atom is -0.396 e. The third-order valence-electron chi connectivity index (χ3n) is 2.91. The molecule has 0 saturated heterocycles. The minimum atomic E-state index is 0.0332. The lowest BCUT2D eigenvalue weighted by Crippen LogP contribution is -2.35. The van der Waals surface area contributed by atoms with Crippen LogP contribution in [0.25, 0.3) is 0 Å². The molecule has 0 aliphatic heterocycles. The predicted molar refractivity (Wildman–Crippen MR) is 82.5 cm³/mol. The predicted octanol–water partition coefficient (Wildman–Crippen LogP) is 2.88. The van der Waals surface area contributed by atoms with Crippen LogP contribution in [0.1, 0.15) is 34.1 Å². The molecule has 5 nitrogen and oxygen atoms in total. The minimum absolute atomic E-state index is 0.0332. The largest absolute Gasteiger partial charge is 0.396 e. The molecule has 0 bridgehead atoms. The summed E-state index contributed by atoms with van der Waals surface area (Å²) in [5.74, 6) is 1.52. The van der Waals surface area contributed by atoms with E-state index in [-0.39, 0.29) is 18.1 Å². The Morgan fingerprint density at radius 2 is 1.95 bits per heavy atom. The van der Waals surface area contributed by atoms with Gasteiger partial charge in [-0.3, -0.25) is 0 Å². The van der Waals surface area contributed by atoms with Gasteiger partial charge in [-0.2, -0.15) is 0 Å². The maximum atomic E-state index is 9.19. The molecule has 0 aliphatic carbocycles. The summed E-state index contributed by atoms with van der Waals surface area (Å²) in [5.41, 5.74) is 0.0332. The van der Waals surface area contributed by atoms with Crippen molar-refractivity contribution in [2.75, 3.05) is 23.8 Å². The molecule has 1 unspecified atom stereocenters. The van der Waals surface area contributed by atoms with Crippen molar-refractivity contribution in [1.29, 1.82) is 0 Å². The number of anilines is 2. The number of halogens is 1. The van der Waals surface area contributed by atoms with Crippen molar-refractivity contribution < 1.29 is 5.11 Å². The lowest BCUT2D eigenvalue weighted by atomic mass is 9.85. The molecule has 1 atom stereocenters. The van der Waals surface area contributed by atoms with E-state index in [1.54, 1.807) is 0 Å². The van der Waals surface area contributed by atoms with E-state index >= 15 is 0 Å². The van der Waals surface area contributed by atoms with Crippen LogP contribution in [0.2, 0.25) is 0 Å². The SMILES string of the molecule is CCNc1ncnc(NC(CCO)C(C)(C)C)c1Br. The normalized spacial score (nSPS) is 13.2. The Hall–Kier alpha value is -0.880. The van der Waals surface area contributed by atoms with Crippen LogP contribution >= 0.6 is 15.9 Å². The third kappa shape index (κ3) is 4.62. The van der Waals surface area contributed by atoms with Crippen molar-refractivity contribution >= 4 is 27.6 Å². The van der Waals surface area contributed by atoms with Crippen LogP contribution in [0.5, 0.6) is 0 Å². The topological polar surface area (TPSA) is 70.1 Å². The highest BCUT2D eigenvalue weighted by atomic mass is 79.9. The first kappa shape index (κ1) is 16.2. The molecule has 1 aromatic heterocycles. The highest BCUT2D eigenvalue weighted by molar-refractivity contribution is 9.10. The molecule has 0 aromatic carbocycles. The monoisotopic (exact) mass is 330 g/mol. The molecule has 1 rings (SSSR count). The van der Waals surface area contributed by atoms with Crippen molar-refractivity contribution in [3.63, 3.8) is 0 Å². The van der Waals surface area contributed by atoms with Crippen LogP contribution in [0.4, 0.5) is 11.6 Å². The number of aromatic nitrogens is 2. The molecular formula is C13H23BrN4O. The van der Waals surface area contributed by atoms with Gasteiger partial charge in [0.15, 0.2) is 0 Å². The van der Waals surface area contributed by atoms with Crippen LogP contribution in [-0.2, 0) is 0 Å². The maximum Gasteiger partial charge on any atom is 0.146 e. The maximum absolute atomic E-state index is 9.19. The standard InChI is InChI=1S/C13H23BrN4O/c1-5-15-11-10(14)12(17-8-16-11)18-9(6-7-19)13(2,3)4/h8-9,19H,5-7H2,1-4H3,(H2,15,16,17,18). The average molecular weight is 331 g/mol. The molecule has 1 aromatic rings. The lowest BCUT2D eigenvalue weighted by Gasteiger charge is -2.32. The van der Waals surface area contributed by atoms with E-state index in [1.165, 1.54) is 6.33 Å². The average Bonchev–Trinajstić information content (AvgIpc) is 2.32. The van der Waals surface area contributed by atoms with Crippen molar-refractivity contribution in [2.24, 2.45) is 5.41 Å². The second kappa shape index (κ2) is 7.05. The van der Waals surface area contributed by atoms with Gasteiger partial charge in [-0.05, 0) is 34.7 Å². The van der Waals surface area contributed by atoms with Gasteiger partial charge in [-0.25, -0.2) is 9.97 Å². The first-order valence-corrected chi connectivity index (χ1v) is 7.31. The van der Waals surface area contributed by atoms with E-state index in [9.17, 15) is 5.11 Å². The summed E-state index contributed by atoms with van der Waals surface area (Å²) < 4.78 is 0.823. The van der Waals surface area contributed by atoms with E-state index < -0.39 is 0 Å². The van der Waals surface area contributed by atoms with E-state index in [0.29, 0.717) is 6.42 Å². The Morgan fingerprint density at radius 3 is 2.47 bits per heavy atom. The number of aliphatic hydroxyl groups excluding tert-OH is 1. The molecule has 0 radical (unpaired) electrons. The van der Waals surface area contributed by atoms with Gasteiger partial charge in [0, 0.05) is 19.2 Å². The van der Waals surface area contributed by atoms with Crippen LogP contribution in [0.15, 0.2) is 10.8 Å². The molecular weight excluding hydrogens is 308 g/mol. The molecule has 0 aliphatic rings. The summed E-state index contributed by atoms with van der Waals surface area (Å²) >= 11 is 3.52. The Labute approximate surface area is 123 Å². The number of hydrogen-bond acceptors (Lipinski definition) is 5. The van der Waals surface area contributed by atoms with E-state index in [0.717, 1.165) is 22.7 Å². The van der Waals surface area contributed by atoms with Crippen molar-refractivity contribution in [2.45, 2.75) is 40.2 Å². The number of hydrogen-bond donors (Lipinski definition) is 3. The molecule has 0 amide bonds. The van der Waals surface area contributed by atoms with Crippen molar-refractivity contribution in [1.82, 2.24) is 9.97 Å². The zero-order chi connectivity index (χ0) is 14.5. The zero-order valence-electron chi connectivity index (χ0n) is 12.0. The van der Waals surface area contributed by atoms with Gasteiger partial charge in [0.05, 0.1) is 0 Å². The smallest absolute Gasteiger partial charge is 0.146 e. The molecule has 19 heavy (non-hydrogen) atoms. The second-order valence-corrected chi connectivity index (χ2v) is 6.28. The Balaban J connectivity index is 2.93.